The summed E-state index contributed by atoms with van der Waals surface area (Å²) < 4.78 is 0. The molecule has 1 aliphatic carbocycles. The van der Waals surface area contributed by atoms with E-state index in [0.29, 0.717) is 11.7 Å². The molecule has 100 valence electrons. The zero-order valence-electron chi connectivity index (χ0n) is 11.1. The smallest absolute Gasteiger partial charge is 0.136 e. The van der Waals surface area contributed by atoms with Crippen molar-refractivity contribution in [2.24, 2.45) is 5.41 Å². The minimum absolute atomic E-state index is 0.0359. The molecule has 0 bridgehead atoms. The topological polar surface area (TPSA) is 84.1 Å². The van der Waals surface area contributed by atoms with Crippen molar-refractivity contribution in [3.8, 4) is 0 Å². The van der Waals surface area contributed by atoms with Gasteiger partial charge in [0.1, 0.15) is 17.5 Å². The van der Waals surface area contributed by atoms with Gasteiger partial charge in [0, 0.05) is 25.1 Å². The van der Waals surface area contributed by atoms with Crippen LogP contribution < -0.4 is 11.1 Å². The third kappa shape index (κ3) is 3.57. The van der Waals surface area contributed by atoms with Gasteiger partial charge in [-0.1, -0.05) is 13.8 Å². The van der Waals surface area contributed by atoms with Crippen LogP contribution in [0, 0.1) is 5.41 Å². The van der Waals surface area contributed by atoms with Crippen LogP contribution in [-0.4, -0.2) is 28.2 Å². The number of aromatic nitrogens is 2. The van der Waals surface area contributed by atoms with E-state index in [9.17, 15) is 0 Å². The molecule has 0 amide bonds. The molecule has 4 N–H and O–H groups in total. The minimum Gasteiger partial charge on any atom is -0.396 e. The zero-order chi connectivity index (χ0) is 13.2. The highest BCUT2D eigenvalue weighted by molar-refractivity contribution is 5.45. The first-order valence-corrected chi connectivity index (χ1v) is 6.49. The van der Waals surface area contributed by atoms with Crippen molar-refractivity contribution in [3.05, 3.63) is 11.9 Å². The van der Waals surface area contributed by atoms with Gasteiger partial charge in [0.2, 0.25) is 0 Å². The van der Waals surface area contributed by atoms with Crippen molar-refractivity contribution < 1.29 is 5.11 Å². The number of nitrogens with two attached hydrogens (primary N) is 1. The quantitative estimate of drug-likeness (QED) is 0.716. The fraction of sp³-hybridized carbons (Fsp3) is 0.692. The molecule has 1 aromatic heterocycles. The Bertz CT molecular complexity index is 415. The van der Waals surface area contributed by atoms with Crippen LogP contribution in [0.4, 0.5) is 11.6 Å². The maximum atomic E-state index is 8.99. The highest BCUT2D eigenvalue weighted by Crippen LogP contribution is 2.38. The number of hydrogen-bond acceptors (Lipinski definition) is 5. The molecule has 5 heteroatoms. The first kappa shape index (κ1) is 13.1. The van der Waals surface area contributed by atoms with Gasteiger partial charge < -0.3 is 16.2 Å². The summed E-state index contributed by atoms with van der Waals surface area (Å²) in [6, 6.07) is 1.76. The lowest BCUT2D eigenvalue weighted by molar-refractivity contribution is 0.220. The van der Waals surface area contributed by atoms with E-state index in [1.54, 1.807) is 6.07 Å². The van der Waals surface area contributed by atoms with Gasteiger partial charge in [0.05, 0.1) is 0 Å². The van der Waals surface area contributed by atoms with Gasteiger partial charge in [0.15, 0.2) is 0 Å². The first-order valence-electron chi connectivity index (χ1n) is 6.49. The van der Waals surface area contributed by atoms with E-state index in [4.69, 9.17) is 10.8 Å². The SMILES string of the molecule is CC(C)(CCO)CNc1cc(N)nc(C2CC2)n1. The predicted octanol–water partition coefficient (Wildman–Crippen LogP) is 1.76. The number of nitrogens with zero attached hydrogens (tertiary/aromatic N) is 2. The molecule has 0 spiro atoms. The van der Waals surface area contributed by atoms with Crippen molar-refractivity contribution in [1.82, 2.24) is 9.97 Å². The number of hydrogen-bond donors (Lipinski definition) is 3. The summed E-state index contributed by atoms with van der Waals surface area (Å²) in [6.45, 7) is 5.19. The number of anilines is 2. The molecule has 1 fully saturated rings. The van der Waals surface area contributed by atoms with Crippen LogP contribution in [0.2, 0.25) is 0 Å². The van der Waals surface area contributed by atoms with Crippen LogP contribution in [0.15, 0.2) is 6.07 Å². The maximum Gasteiger partial charge on any atom is 0.136 e. The molecule has 0 atom stereocenters. The fourth-order valence-electron chi connectivity index (χ4n) is 1.82. The fourth-order valence-corrected chi connectivity index (χ4v) is 1.82. The van der Waals surface area contributed by atoms with E-state index in [0.717, 1.165) is 24.6 Å². The van der Waals surface area contributed by atoms with Crippen molar-refractivity contribution in [2.75, 3.05) is 24.2 Å². The molecule has 0 saturated heterocycles. The van der Waals surface area contributed by atoms with Crippen LogP contribution in [0.25, 0.3) is 0 Å². The van der Waals surface area contributed by atoms with Gasteiger partial charge in [-0.25, -0.2) is 9.97 Å². The molecule has 1 saturated carbocycles. The molecule has 1 aromatic rings. The van der Waals surface area contributed by atoms with Crippen LogP contribution in [0.1, 0.15) is 44.9 Å². The van der Waals surface area contributed by atoms with E-state index in [1.807, 2.05) is 0 Å². The summed E-state index contributed by atoms with van der Waals surface area (Å²) in [5, 5.41) is 12.3. The number of aliphatic hydroxyl groups excluding tert-OH is 1. The molecule has 2 rings (SSSR count). The lowest BCUT2D eigenvalue weighted by Gasteiger charge is -2.24. The van der Waals surface area contributed by atoms with Gasteiger partial charge in [0.25, 0.3) is 0 Å². The highest BCUT2D eigenvalue weighted by Gasteiger charge is 2.27. The summed E-state index contributed by atoms with van der Waals surface area (Å²) in [6.07, 6.45) is 3.09. The summed E-state index contributed by atoms with van der Waals surface area (Å²) >= 11 is 0. The van der Waals surface area contributed by atoms with Gasteiger partial charge in [-0.3, -0.25) is 0 Å². The standard InChI is InChI=1S/C13H22N4O/c1-13(2,5-6-18)8-15-11-7-10(14)16-12(17-11)9-3-4-9/h7,9,18H,3-6,8H2,1-2H3,(H3,14,15,16,17). The van der Waals surface area contributed by atoms with Gasteiger partial charge in [-0.05, 0) is 24.7 Å². The minimum atomic E-state index is 0.0359. The monoisotopic (exact) mass is 250 g/mol. The lowest BCUT2D eigenvalue weighted by atomic mass is 9.90. The largest absolute Gasteiger partial charge is 0.396 e. The van der Waals surface area contributed by atoms with Crippen LogP contribution >= 0.6 is 0 Å². The molecule has 0 radical (unpaired) electrons. The average molecular weight is 250 g/mol. The molecule has 0 aliphatic heterocycles. The maximum absolute atomic E-state index is 8.99. The number of rotatable bonds is 6. The third-order valence-electron chi connectivity index (χ3n) is 3.24. The number of nitrogen functional groups attached to an aromatic ring is 1. The molecular formula is C13H22N4O. The summed E-state index contributed by atoms with van der Waals surface area (Å²) in [4.78, 5) is 8.76. The second-order valence-corrected chi connectivity index (χ2v) is 5.80. The number of aliphatic hydroxyl groups is 1. The van der Waals surface area contributed by atoms with E-state index < -0.39 is 0 Å². The predicted molar refractivity (Wildman–Crippen MR) is 72.4 cm³/mol. The molecule has 5 nitrogen and oxygen atoms in total. The molecular weight excluding hydrogens is 228 g/mol. The second kappa shape index (κ2) is 5.10. The van der Waals surface area contributed by atoms with Crippen molar-refractivity contribution >= 4 is 11.6 Å². The molecule has 1 aliphatic rings. The Labute approximate surface area is 108 Å². The Kier molecular flexibility index (Phi) is 3.71. The van der Waals surface area contributed by atoms with E-state index in [1.165, 1.54) is 12.8 Å². The van der Waals surface area contributed by atoms with E-state index in [-0.39, 0.29) is 12.0 Å². The third-order valence-corrected chi connectivity index (χ3v) is 3.24. The molecule has 0 unspecified atom stereocenters. The van der Waals surface area contributed by atoms with Crippen LogP contribution in [-0.2, 0) is 0 Å². The van der Waals surface area contributed by atoms with Crippen molar-refractivity contribution in [3.63, 3.8) is 0 Å². The Hall–Kier alpha value is -1.36. The lowest BCUT2D eigenvalue weighted by Crippen LogP contribution is -2.24. The number of nitrogens with one attached hydrogen (secondary N) is 1. The summed E-state index contributed by atoms with van der Waals surface area (Å²) in [5.41, 5.74) is 5.83. The molecule has 1 heterocycles. The average Bonchev–Trinajstić information content (AvgIpc) is 3.09. The first-order chi connectivity index (χ1) is 8.50. The Morgan fingerprint density at radius 2 is 2.17 bits per heavy atom. The molecule has 0 aromatic carbocycles. The highest BCUT2D eigenvalue weighted by atomic mass is 16.3. The van der Waals surface area contributed by atoms with E-state index in [2.05, 4.69) is 29.1 Å². The molecule has 18 heavy (non-hydrogen) atoms. The second-order valence-electron chi connectivity index (χ2n) is 5.80. The van der Waals surface area contributed by atoms with Gasteiger partial charge >= 0.3 is 0 Å². The normalized spacial score (nSPS) is 15.7. The van der Waals surface area contributed by atoms with Crippen molar-refractivity contribution in [2.45, 2.75) is 39.0 Å². The van der Waals surface area contributed by atoms with Gasteiger partial charge in [-0.2, -0.15) is 0 Å². The van der Waals surface area contributed by atoms with Crippen LogP contribution in [0.3, 0.4) is 0 Å². The summed E-state index contributed by atoms with van der Waals surface area (Å²) in [5.74, 6) is 2.67. The van der Waals surface area contributed by atoms with E-state index >= 15 is 0 Å². The Balaban J connectivity index is 2.00. The Morgan fingerprint density at radius 3 is 2.78 bits per heavy atom. The van der Waals surface area contributed by atoms with Crippen molar-refractivity contribution in [1.29, 1.82) is 0 Å². The van der Waals surface area contributed by atoms with Crippen LogP contribution in [0.5, 0.6) is 0 Å². The van der Waals surface area contributed by atoms with Gasteiger partial charge in [-0.15, -0.1) is 0 Å². The summed E-state index contributed by atoms with van der Waals surface area (Å²) in [7, 11) is 0. The Morgan fingerprint density at radius 1 is 1.44 bits per heavy atom. The zero-order valence-corrected chi connectivity index (χ0v) is 11.1.